The van der Waals surface area contributed by atoms with Crippen molar-refractivity contribution in [3.63, 3.8) is 0 Å². The summed E-state index contributed by atoms with van der Waals surface area (Å²) in [4.78, 5) is 0. The van der Waals surface area contributed by atoms with Crippen molar-refractivity contribution in [3.05, 3.63) is 0 Å². The third kappa shape index (κ3) is 3.04. The van der Waals surface area contributed by atoms with E-state index < -0.39 is 0 Å². The third-order valence-electron chi connectivity index (χ3n) is 1.71. The van der Waals surface area contributed by atoms with Gasteiger partial charge in [0.15, 0.2) is 0 Å². The van der Waals surface area contributed by atoms with Gasteiger partial charge in [0.25, 0.3) is 0 Å². The van der Waals surface area contributed by atoms with Gasteiger partial charge in [-0.3, -0.25) is 0 Å². The van der Waals surface area contributed by atoms with E-state index in [0.29, 0.717) is 12.6 Å². The average Bonchev–Trinajstić information content (AvgIpc) is 2.42. The molecule has 56 valence electrons. The molecule has 0 aromatic carbocycles. The van der Waals surface area contributed by atoms with E-state index in [0.717, 1.165) is 18.8 Å². The van der Waals surface area contributed by atoms with Crippen molar-refractivity contribution < 1.29 is 5.11 Å². The minimum absolute atomic E-state index is 0. The van der Waals surface area contributed by atoms with Crippen LogP contribution in [0.5, 0.6) is 0 Å². The molecule has 0 bridgehead atoms. The highest BCUT2D eigenvalue weighted by molar-refractivity contribution is 5.85. The second kappa shape index (κ2) is 4.09. The largest absolute Gasteiger partial charge is 0.396 e. The molecule has 0 spiro atoms. The Hall–Kier alpha value is 0.210. The topological polar surface area (TPSA) is 46.2 Å². The standard InChI is InChI=1S/C6H13NO.ClH/c7-6-4-5(6)2-1-3-8;/h5-6,8H,1-4,7H2;1H. The summed E-state index contributed by atoms with van der Waals surface area (Å²) in [5.74, 6) is 0.738. The molecule has 2 atom stereocenters. The smallest absolute Gasteiger partial charge is 0.0431 e. The third-order valence-corrected chi connectivity index (χ3v) is 1.71. The lowest BCUT2D eigenvalue weighted by atomic mass is 10.2. The van der Waals surface area contributed by atoms with Crippen LogP contribution in [0.4, 0.5) is 0 Å². The minimum Gasteiger partial charge on any atom is -0.396 e. The maximum absolute atomic E-state index is 8.39. The maximum atomic E-state index is 8.39. The van der Waals surface area contributed by atoms with Crippen molar-refractivity contribution in [2.24, 2.45) is 11.7 Å². The Labute approximate surface area is 61.8 Å². The summed E-state index contributed by atoms with van der Waals surface area (Å²) < 4.78 is 0. The molecule has 0 amide bonds. The summed E-state index contributed by atoms with van der Waals surface area (Å²) in [5, 5.41) is 8.39. The van der Waals surface area contributed by atoms with Gasteiger partial charge in [-0.1, -0.05) is 0 Å². The van der Waals surface area contributed by atoms with Gasteiger partial charge >= 0.3 is 0 Å². The molecule has 1 rings (SSSR count). The second-order valence-corrected chi connectivity index (χ2v) is 2.53. The van der Waals surface area contributed by atoms with Crippen LogP contribution in [-0.4, -0.2) is 17.8 Å². The van der Waals surface area contributed by atoms with Crippen molar-refractivity contribution >= 4 is 12.4 Å². The quantitative estimate of drug-likeness (QED) is 0.618. The monoisotopic (exact) mass is 151 g/mol. The fourth-order valence-electron chi connectivity index (χ4n) is 0.956. The first-order valence-corrected chi connectivity index (χ1v) is 3.21. The molecule has 2 unspecified atom stereocenters. The SMILES string of the molecule is Cl.NC1CC1CCCO. The molecule has 9 heavy (non-hydrogen) atoms. The number of halogens is 1. The van der Waals surface area contributed by atoms with E-state index in [9.17, 15) is 0 Å². The zero-order chi connectivity index (χ0) is 5.98. The molecule has 0 saturated heterocycles. The highest BCUT2D eigenvalue weighted by atomic mass is 35.5. The minimum atomic E-state index is 0. The molecule has 0 aliphatic heterocycles. The van der Waals surface area contributed by atoms with Gasteiger partial charge in [-0.25, -0.2) is 0 Å². The molecular formula is C6H14ClNO. The molecule has 1 aliphatic carbocycles. The zero-order valence-corrected chi connectivity index (χ0v) is 6.23. The number of rotatable bonds is 3. The number of hydrogen-bond acceptors (Lipinski definition) is 2. The van der Waals surface area contributed by atoms with Crippen LogP contribution < -0.4 is 5.73 Å². The van der Waals surface area contributed by atoms with E-state index in [1.54, 1.807) is 0 Å². The molecule has 0 heterocycles. The Morgan fingerprint density at radius 3 is 2.44 bits per heavy atom. The maximum Gasteiger partial charge on any atom is 0.0431 e. The van der Waals surface area contributed by atoms with E-state index in [2.05, 4.69) is 0 Å². The van der Waals surface area contributed by atoms with Crippen molar-refractivity contribution in [1.82, 2.24) is 0 Å². The van der Waals surface area contributed by atoms with Crippen LogP contribution in [0.2, 0.25) is 0 Å². The van der Waals surface area contributed by atoms with Crippen LogP contribution in [0, 0.1) is 5.92 Å². The molecule has 1 saturated carbocycles. The van der Waals surface area contributed by atoms with Gasteiger partial charge in [0.2, 0.25) is 0 Å². The van der Waals surface area contributed by atoms with Crippen LogP contribution in [0.15, 0.2) is 0 Å². The van der Waals surface area contributed by atoms with Gasteiger partial charge in [0, 0.05) is 12.6 Å². The van der Waals surface area contributed by atoms with E-state index in [1.807, 2.05) is 0 Å². The second-order valence-electron chi connectivity index (χ2n) is 2.53. The van der Waals surface area contributed by atoms with Gasteiger partial charge in [0.1, 0.15) is 0 Å². The molecular weight excluding hydrogens is 138 g/mol. The molecule has 3 heteroatoms. The molecule has 3 N–H and O–H groups in total. The van der Waals surface area contributed by atoms with Crippen LogP contribution >= 0.6 is 12.4 Å². The highest BCUT2D eigenvalue weighted by Crippen LogP contribution is 2.31. The van der Waals surface area contributed by atoms with Crippen molar-refractivity contribution in [2.75, 3.05) is 6.61 Å². The lowest BCUT2D eigenvalue weighted by Gasteiger charge is -1.90. The summed E-state index contributed by atoms with van der Waals surface area (Å²) in [5.41, 5.74) is 5.53. The lowest BCUT2D eigenvalue weighted by molar-refractivity contribution is 0.281. The Morgan fingerprint density at radius 1 is 1.56 bits per heavy atom. The molecule has 2 nitrogen and oxygen atoms in total. The molecule has 0 radical (unpaired) electrons. The van der Waals surface area contributed by atoms with Crippen LogP contribution in [0.1, 0.15) is 19.3 Å². The fraction of sp³-hybridized carbons (Fsp3) is 1.00. The number of aliphatic hydroxyl groups is 1. The Kier molecular flexibility index (Phi) is 4.19. The van der Waals surface area contributed by atoms with Crippen LogP contribution in [0.3, 0.4) is 0 Å². The average molecular weight is 152 g/mol. The Morgan fingerprint density at radius 2 is 2.11 bits per heavy atom. The Balaban J connectivity index is 0.000000640. The Bertz CT molecular complexity index is 79.5. The highest BCUT2D eigenvalue weighted by Gasteiger charge is 2.31. The fourth-order valence-corrected chi connectivity index (χ4v) is 0.956. The number of hydrogen-bond donors (Lipinski definition) is 2. The predicted molar refractivity (Wildman–Crippen MR) is 39.7 cm³/mol. The first-order chi connectivity index (χ1) is 3.84. The van der Waals surface area contributed by atoms with Gasteiger partial charge < -0.3 is 10.8 Å². The van der Waals surface area contributed by atoms with Crippen molar-refractivity contribution in [2.45, 2.75) is 25.3 Å². The normalized spacial score (nSPS) is 31.3. The van der Waals surface area contributed by atoms with Gasteiger partial charge in [-0.15, -0.1) is 12.4 Å². The summed E-state index contributed by atoms with van der Waals surface area (Å²) in [6, 6.07) is 0.460. The summed E-state index contributed by atoms with van der Waals surface area (Å²) in [7, 11) is 0. The number of nitrogens with two attached hydrogens (primary N) is 1. The molecule has 0 aromatic heterocycles. The van der Waals surface area contributed by atoms with Crippen molar-refractivity contribution in [1.29, 1.82) is 0 Å². The lowest BCUT2D eigenvalue weighted by Crippen LogP contribution is -2.01. The first-order valence-electron chi connectivity index (χ1n) is 3.21. The summed E-state index contributed by atoms with van der Waals surface area (Å²) >= 11 is 0. The van der Waals surface area contributed by atoms with E-state index >= 15 is 0 Å². The zero-order valence-electron chi connectivity index (χ0n) is 5.42. The van der Waals surface area contributed by atoms with Gasteiger partial charge in [-0.05, 0) is 25.2 Å². The number of aliphatic hydroxyl groups excluding tert-OH is 1. The van der Waals surface area contributed by atoms with E-state index in [1.165, 1.54) is 6.42 Å². The summed E-state index contributed by atoms with van der Waals surface area (Å²) in [6.07, 6.45) is 3.23. The van der Waals surface area contributed by atoms with Gasteiger partial charge in [-0.2, -0.15) is 0 Å². The molecule has 1 fully saturated rings. The predicted octanol–water partition coefficient (Wildman–Crippen LogP) is 0.528. The van der Waals surface area contributed by atoms with Crippen LogP contribution in [0.25, 0.3) is 0 Å². The van der Waals surface area contributed by atoms with E-state index in [-0.39, 0.29) is 12.4 Å². The van der Waals surface area contributed by atoms with Crippen molar-refractivity contribution in [3.8, 4) is 0 Å². The molecule has 1 aliphatic rings. The summed E-state index contributed by atoms with van der Waals surface area (Å²) in [6.45, 7) is 0.323. The molecule has 0 aromatic rings. The van der Waals surface area contributed by atoms with E-state index in [4.69, 9.17) is 10.8 Å². The van der Waals surface area contributed by atoms with Crippen LogP contribution in [-0.2, 0) is 0 Å². The van der Waals surface area contributed by atoms with Gasteiger partial charge in [0.05, 0.1) is 0 Å². The first kappa shape index (κ1) is 9.21.